The predicted octanol–water partition coefficient (Wildman–Crippen LogP) is 10.5. The molecule has 1 aliphatic rings. The fraction of sp³-hybridized carbons (Fsp3) is 0.405. The normalized spacial score (nSPS) is 15.5. The van der Waals surface area contributed by atoms with Crippen LogP contribution in [0.3, 0.4) is 0 Å². The van der Waals surface area contributed by atoms with E-state index in [1.165, 1.54) is 30.0 Å². The fourth-order valence-corrected chi connectivity index (χ4v) is 5.59. The van der Waals surface area contributed by atoms with Crippen LogP contribution in [0.2, 0.25) is 0 Å². The van der Waals surface area contributed by atoms with E-state index in [9.17, 15) is 13.6 Å². The van der Waals surface area contributed by atoms with Gasteiger partial charge in [0.25, 0.3) is 11.8 Å². The van der Waals surface area contributed by atoms with Crippen molar-refractivity contribution >= 4 is 34.8 Å². The van der Waals surface area contributed by atoms with Gasteiger partial charge in [0.15, 0.2) is 0 Å². The number of likely N-dealkylation sites (tertiary alicyclic amines) is 1. The lowest BCUT2D eigenvalue weighted by molar-refractivity contribution is 0.0175. The number of piperidine rings is 1. The lowest BCUT2D eigenvalue weighted by Crippen LogP contribution is -2.41. The molecule has 4 nitrogen and oxygen atoms in total. The molecule has 1 saturated heterocycles. The first-order chi connectivity index (χ1) is 21.0. The molecule has 0 radical (unpaired) electrons. The Balaban J connectivity index is 1.56. The van der Waals surface area contributed by atoms with Gasteiger partial charge in [-0.25, -0.2) is 13.2 Å². The molecule has 1 N–H and O–H groups in total. The van der Waals surface area contributed by atoms with Crippen molar-refractivity contribution in [3.8, 4) is 0 Å². The average molecular weight is 604 g/mol. The molecule has 1 atom stereocenters. The quantitative estimate of drug-likeness (QED) is 0.222. The number of aryl methyl sites for hydroxylation is 1. The minimum atomic E-state index is -3.00. The minimum Gasteiger partial charge on any atom is -0.355 e. The molecule has 1 amide bonds. The number of amides is 1. The number of allylic oxidation sites excluding steroid dienone is 1. The van der Waals surface area contributed by atoms with E-state index in [-0.39, 0.29) is 23.0 Å². The van der Waals surface area contributed by atoms with Crippen LogP contribution in [0.25, 0.3) is 6.08 Å². The monoisotopic (exact) mass is 603 g/mol. The van der Waals surface area contributed by atoms with Gasteiger partial charge in [-0.05, 0) is 80.0 Å². The number of nitrogens with one attached hydrogen (secondary N) is 1. The largest absolute Gasteiger partial charge is 0.355 e. The zero-order valence-corrected chi connectivity index (χ0v) is 26.5. The topological polar surface area (TPSA) is 44.7 Å². The van der Waals surface area contributed by atoms with E-state index >= 15 is 4.39 Å². The van der Waals surface area contributed by atoms with Crippen molar-refractivity contribution in [2.45, 2.75) is 72.6 Å². The minimum absolute atomic E-state index is 0.00900. The smallest absolute Gasteiger partial charge is 0.270 e. The molecule has 1 unspecified atom stereocenters. The molecule has 1 heterocycles. The van der Waals surface area contributed by atoms with E-state index in [1.54, 1.807) is 17.0 Å². The van der Waals surface area contributed by atoms with Gasteiger partial charge in [0.2, 0.25) is 0 Å². The number of alkyl halides is 2. The first kappa shape index (κ1) is 33.0. The second-order valence-corrected chi connectivity index (χ2v) is 11.9. The van der Waals surface area contributed by atoms with Gasteiger partial charge in [-0.2, -0.15) is 0 Å². The number of benzene rings is 3. The first-order valence-corrected chi connectivity index (χ1v) is 15.7. The second kappa shape index (κ2) is 14.7. The van der Waals surface area contributed by atoms with Gasteiger partial charge in [-0.1, -0.05) is 69.7 Å². The maximum absolute atomic E-state index is 15.6. The van der Waals surface area contributed by atoms with E-state index in [0.717, 1.165) is 50.3 Å². The summed E-state index contributed by atoms with van der Waals surface area (Å²) in [6.07, 6.45) is 8.09. The molecular weight excluding hydrogens is 559 g/mol. The van der Waals surface area contributed by atoms with Crippen molar-refractivity contribution in [3.05, 3.63) is 94.8 Å². The summed E-state index contributed by atoms with van der Waals surface area (Å²) in [4.78, 5) is 20.5. The fourth-order valence-electron chi connectivity index (χ4n) is 5.59. The highest BCUT2D eigenvalue weighted by molar-refractivity contribution is 5.97. The Labute approximate surface area is 260 Å². The Kier molecular flexibility index (Phi) is 11.1. The zero-order chi connectivity index (χ0) is 31.9. The van der Waals surface area contributed by atoms with Crippen LogP contribution in [0.4, 0.5) is 30.2 Å². The van der Waals surface area contributed by atoms with Crippen molar-refractivity contribution in [2.75, 3.05) is 18.4 Å². The average Bonchev–Trinajstić information content (AvgIpc) is 3.01. The predicted molar refractivity (Wildman–Crippen MR) is 176 cm³/mol. The van der Waals surface area contributed by atoms with Gasteiger partial charge in [-0.3, -0.25) is 9.79 Å². The molecule has 0 aliphatic carbocycles. The van der Waals surface area contributed by atoms with E-state index in [0.29, 0.717) is 35.9 Å². The molecule has 0 saturated carbocycles. The van der Waals surface area contributed by atoms with Crippen molar-refractivity contribution in [1.29, 1.82) is 0 Å². The summed E-state index contributed by atoms with van der Waals surface area (Å²) in [6, 6.07) is 16.9. The standard InChI is InChI=1S/C37H44F3N3O/c1-6-8-9-14-28-22-31(32(38)24-34(28)41-30-16-12-15-29(23-30)37(5,39)40)36(44)43-20-18-27(19-21-43)35(25(3)7-2)42-33-17-11-10-13-26(33)4/h9-17,22-25,27,41H,6-8,18-21H2,1-5H3/b14-9-,42-35?. The molecule has 44 heavy (non-hydrogen) atoms. The summed E-state index contributed by atoms with van der Waals surface area (Å²) in [6.45, 7) is 10.4. The number of rotatable bonds is 11. The molecule has 234 valence electrons. The number of halogens is 3. The van der Waals surface area contributed by atoms with Crippen LogP contribution < -0.4 is 5.32 Å². The number of hydrogen-bond acceptors (Lipinski definition) is 3. The van der Waals surface area contributed by atoms with E-state index < -0.39 is 11.7 Å². The molecular formula is C37H44F3N3O. The van der Waals surface area contributed by atoms with Crippen LogP contribution in [0.15, 0.2) is 71.7 Å². The molecule has 3 aromatic carbocycles. The third-order valence-electron chi connectivity index (χ3n) is 8.45. The summed E-state index contributed by atoms with van der Waals surface area (Å²) in [5.74, 6) is -3.42. The summed E-state index contributed by atoms with van der Waals surface area (Å²) in [5, 5.41) is 3.09. The van der Waals surface area contributed by atoms with Crippen molar-refractivity contribution in [1.82, 2.24) is 4.90 Å². The number of para-hydroxylation sites is 1. The number of unbranched alkanes of at least 4 members (excludes halogenated alkanes) is 1. The highest BCUT2D eigenvalue weighted by Crippen LogP contribution is 2.33. The van der Waals surface area contributed by atoms with Crippen LogP contribution in [0.1, 0.15) is 86.8 Å². The zero-order valence-electron chi connectivity index (χ0n) is 26.5. The van der Waals surface area contributed by atoms with Gasteiger partial charge in [-0.15, -0.1) is 0 Å². The van der Waals surface area contributed by atoms with Crippen molar-refractivity contribution in [3.63, 3.8) is 0 Å². The SMILES string of the molecule is CCC/C=C\c1cc(C(=O)N2CCC(C(=Nc3ccccc3C)C(C)CC)CC2)c(F)cc1Nc1cccc(C(C)(F)F)c1. The Morgan fingerprint density at radius 3 is 2.48 bits per heavy atom. The molecule has 1 aliphatic heterocycles. The summed E-state index contributed by atoms with van der Waals surface area (Å²) < 4.78 is 43.4. The van der Waals surface area contributed by atoms with Crippen molar-refractivity contribution < 1.29 is 18.0 Å². The van der Waals surface area contributed by atoms with Gasteiger partial charge < -0.3 is 10.2 Å². The number of hydrogen-bond donors (Lipinski definition) is 1. The lowest BCUT2D eigenvalue weighted by atomic mass is 9.84. The summed E-state index contributed by atoms with van der Waals surface area (Å²) >= 11 is 0. The van der Waals surface area contributed by atoms with Crippen LogP contribution in [-0.2, 0) is 5.92 Å². The molecule has 0 bridgehead atoms. The Morgan fingerprint density at radius 1 is 1.09 bits per heavy atom. The number of nitrogens with zero attached hydrogens (tertiary/aromatic N) is 2. The number of aliphatic imine (C=N–C) groups is 1. The van der Waals surface area contributed by atoms with Gasteiger partial charge in [0, 0.05) is 48.6 Å². The van der Waals surface area contributed by atoms with E-state index in [4.69, 9.17) is 4.99 Å². The second-order valence-electron chi connectivity index (χ2n) is 11.9. The van der Waals surface area contributed by atoms with Crippen LogP contribution in [-0.4, -0.2) is 29.6 Å². The van der Waals surface area contributed by atoms with E-state index in [1.807, 2.05) is 30.4 Å². The van der Waals surface area contributed by atoms with Gasteiger partial charge >= 0.3 is 0 Å². The lowest BCUT2D eigenvalue weighted by Gasteiger charge is -2.34. The molecule has 7 heteroatoms. The number of carbonyl (C=O) groups is 1. The third-order valence-corrected chi connectivity index (χ3v) is 8.45. The van der Waals surface area contributed by atoms with Crippen molar-refractivity contribution in [2.24, 2.45) is 16.8 Å². The Hall–Kier alpha value is -3.87. The summed E-state index contributed by atoms with van der Waals surface area (Å²) in [7, 11) is 0. The van der Waals surface area contributed by atoms with Crippen LogP contribution in [0.5, 0.6) is 0 Å². The van der Waals surface area contributed by atoms with Crippen LogP contribution >= 0.6 is 0 Å². The van der Waals surface area contributed by atoms with E-state index in [2.05, 4.69) is 39.1 Å². The first-order valence-electron chi connectivity index (χ1n) is 15.7. The number of carbonyl (C=O) groups excluding carboxylic acids is 1. The van der Waals surface area contributed by atoms with Gasteiger partial charge in [0.05, 0.1) is 11.3 Å². The van der Waals surface area contributed by atoms with Gasteiger partial charge in [0.1, 0.15) is 5.82 Å². The third kappa shape index (κ3) is 8.19. The highest BCUT2D eigenvalue weighted by atomic mass is 19.3. The summed E-state index contributed by atoms with van der Waals surface area (Å²) in [5.41, 5.74) is 4.60. The molecule has 0 spiro atoms. The molecule has 0 aromatic heterocycles. The number of anilines is 2. The van der Waals surface area contributed by atoms with Crippen LogP contribution in [0, 0.1) is 24.6 Å². The molecule has 4 rings (SSSR count). The molecule has 1 fully saturated rings. The maximum Gasteiger partial charge on any atom is 0.270 e. The molecule has 3 aromatic rings. The Bertz CT molecular complexity index is 1500. The highest BCUT2D eigenvalue weighted by Gasteiger charge is 2.30. The maximum atomic E-state index is 15.6. The Morgan fingerprint density at radius 2 is 1.82 bits per heavy atom.